The van der Waals surface area contributed by atoms with Crippen LogP contribution >= 0.6 is 0 Å². The van der Waals surface area contributed by atoms with Crippen LogP contribution in [0.15, 0.2) is 67.0 Å². The molecule has 0 saturated carbocycles. The Labute approximate surface area is 151 Å². The van der Waals surface area contributed by atoms with Crippen molar-refractivity contribution < 1.29 is 14.3 Å². The smallest absolute Gasteiger partial charge is 0.266 e. The Hall–Kier alpha value is -3.41. The fraction of sp³-hybridized carbons (Fsp3) is 0.150. The van der Waals surface area contributed by atoms with Crippen LogP contribution < -0.4 is 9.64 Å². The maximum absolute atomic E-state index is 12.4. The number of benzene rings is 2. The zero-order chi connectivity index (χ0) is 18.5. The highest BCUT2D eigenvalue weighted by atomic mass is 16.5. The van der Waals surface area contributed by atoms with Crippen LogP contribution in [0.4, 0.5) is 5.95 Å². The van der Waals surface area contributed by atoms with Gasteiger partial charge in [0.25, 0.3) is 5.91 Å². The van der Waals surface area contributed by atoms with E-state index in [0.29, 0.717) is 22.8 Å². The number of rotatable bonds is 6. The molecule has 1 heterocycles. The molecule has 2 aromatic carbocycles. The molecule has 0 unspecified atom stereocenters. The molecule has 26 heavy (non-hydrogen) atoms. The summed E-state index contributed by atoms with van der Waals surface area (Å²) in [6.07, 6.45) is 3.39. The van der Waals surface area contributed by atoms with Gasteiger partial charge in [-0.2, -0.15) is 0 Å². The van der Waals surface area contributed by atoms with E-state index in [0.717, 1.165) is 0 Å². The molecule has 0 aliphatic rings. The second-order valence-corrected chi connectivity index (χ2v) is 5.80. The fourth-order valence-corrected chi connectivity index (χ4v) is 2.49. The van der Waals surface area contributed by atoms with Gasteiger partial charge in [-0.3, -0.25) is 14.5 Å². The van der Waals surface area contributed by atoms with E-state index in [4.69, 9.17) is 4.74 Å². The SMILES string of the molecule is CN(C(=O)COc1ccc(C(=O)c2ccccc2)cc1)c1nccn1C. The van der Waals surface area contributed by atoms with E-state index in [9.17, 15) is 9.59 Å². The molecule has 1 aromatic heterocycles. The summed E-state index contributed by atoms with van der Waals surface area (Å²) >= 11 is 0. The number of ether oxygens (including phenoxy) is 1. The molecule has 0 fully saturated rings. The van der Waals surface area contributed by atoms with Crippen molar-refractivity contribution in [2.75, 3.05) is 18.6 Å². The Kier molecular flexibility index (Phi) is 5.12. The van der Waals surface area contributed by atoms with Gasteiger partial charge in [-0.25, -0.2) is 4.98 Å². The molecule has 0 spiro atoms. The largest absolute Gasteiger partial charge is 0.484 e. The van der Waals surface area contributed by atoms with Crippen molar-refractivity contribution in [3.8, 4) is 5.75 Å². The van der Waals surface area contributed by atoms with E-state index in [2.05, 4.69) is 4.98 Å². The first-order valence-corrected chi connectivity index (χ1v) is 8.13. The molecular weight excluding hydrogens is 330 g/mol. The summed E-state index contributed by atoms with van der Waals surface area (Å²) in [6.45, 7) is -0.116. The summed E-state index contributed by atoms with van der Waals surface area (Å²) < 4.78 is 7.28. The van der Waals surface area contributed by atoms with Crippen LogP contribution in [-0.2, 0) is 11.8 Å². The van der Waals surface area contributed by atoms with Crippen LogP contribution in [0.25, 0.3) is 0 Å². The lowest BCUT2D eigenvalue weighted by molar-refractivity contribution is -0.120. The van der Waals surface area contributed by atoms with Crippen LogP contribution in [0.5, 0.6) is 5.75 Å². The number of amides is 1. The van der Waals surface area contributed by atoms with Gasteiger partial charge in [-0.1, -0.05) is 30.3 Å². The van der Waals surface area contributed by atoms with Crippen molar-refractivity contribution in [1.82, 2.24) is 9.55 Å². The van der Waals surface area contributed by atoms with E-state index in [1.165, 1.54) is 4.90 Å². The maximum atomic E-state index is 12.4. The fourth-order valence-electron chi connectivity index (χ4n) is 2.49. The van der Waals surface area contributed by atoms with Gasteiger partial charge in [0.05, 0.1) is 0 Å². The van der Waals surface area contributed by atoms with E-state index >= 15 is 0 Å². The highest BCUT2D eigenvalue weighted by molar-refractivity contribution is 6.09. The molecule has 6 heteroatoms. The minimum Gasteiger partial charge on any atom is -0.484 e. The predicted molar refractivity (Wildman–Crippen MR) is 98.4 cm³/mol. The number of ketones is 1. The lowest BCUT2D eigenvalue weighted by atomic mass is 10.0. The second-order valence-electron chi connectivity index (χ2n) is 5.80. The van der Waals surface area contributed by atoms with Crippen molar-refractivity contribution in [3.63, 3.8) is 0 Å². The summed E-state index contributed by atoms with van der Waals surface area (Å²) in [6, 6.07) is 15.8. The Bertz CT molecular complexity index is 902. The molecule has 0 saturated heterocycles. The maximum Gasteiger partial charge on any atom is 0.266 e. The zero-order valence-electron chi connectivity index (χ0n) is 14.6. The van der Waals surface area contributed by atoms with Crippen molar-refractivity contribution in [1.29, 1.82) is 0 Å². The standard InChI is InChI=1S/C20H19N3O3/c1-22-13-12-21-20(22)23(2)18(24)14-26-17-10-8-16(9-11-17)19(25)15-6-4-3-5-7-15/h3-13H,14H2,1-2H3. The number of aromatic nitrogens is 2. The molecule has 6 nitrogen and oxygen atoms in total. The topological polar surface area (TPSA) is 64.4 Å². The van der Waals surface area contributed by atoms with Crippen LogP contribution in [-0.4, -0.2) is 34.9 Å². The van der Waals surface area contributed by atoms with Crippen LogP contribution in [0.1, 0.15) is 15.9 Å². The van der Waals surface area contributed by atoms with E-state index < -0.39 is 0 Å². The number of carbonyl (C=O) groups excluding carboxylic acids is 2. The van der Waals surface area contributed by atoms with Gasteiger partial charge in [0.1, 0.15) is 5.75 Å². The summed E-state index contributed by atoms with van der Waals surface area (Å²) in [5, 5.41) is 0. The molecule has 1 amide bonds. The molecule has 3 rings (SSSR count). The Morgan fingerprint density at radius 1 is 1.04 bits per heavy atom. The van der Waals surface area contributed by atoms with Gasteiger partial charge in [0, 0.05) is 37.6 Å². The summed E-state index contributed by atoms with van der Waals surface area (Å²) in [5.41, 5.74) is 1.20. The van der Waals surface area contributed by atoms with Crippen molar-refractivity contribution in [2.24, 2.45) is 7.05 Å². The number of carbonyl (C=O) groups is 2. The Morgan fingerprint density at radius 3 is 2.31 bits per heavy atom. The monoisotopic (exact) mass is 349 g/mol. The number of anilines is 1. The van der Waals surface area contributed by atoms with Gasteiger partial charge in [-0.05, 0) is 24.3 Å². The molecule has 0 atom stereocenters. The van der Waals surface area contributed by atoms with Gasteiger partial charge in [-0.15, -0.1) is 0 Å². The third-order valence-electron chi connectivity index (χ3n) is 3.98. The molecular formula is C20H19N3O3. The third-order valence-corrected chi connectivity index (χ3v) is 3.98. The van der Waals surface area contributed by atoms with Crippen molar-refractivity contribution in [2.45, 2.75) is 0 Å². The minimum absolute atomic E-state index is 0.0530. The quantitative estimate of drug-likeness (QED) is 0.642. The van der Waals surface area contributed by atoms with Gasteiger partial charge in [0.15, 0.2) is 12.4 Å². The number of likely N-dealkylation sites (N-methyl/N-ethyl adjacent to an activating group) is 1. The van der Waals surface area contributed by atoms with Crippen molar-refractivity contribution >= 4 is 17.6 Å². The van der Waals surface area contributed by atoms with E-state index in [1.54, 1.807) is 60.4 Å². The zero-order valence-corrected chi connectivity index (χ0v) is 14.6. The lowest BCUT2D eigenvalue weighted by Gasteiger charge is -2.16. The summed E-state index contributed by atoms with van der Waals surface area (Å²) in [4.78, 5) is 30.2. The van der Waals surface area contributed by atoms with E-state index in [-0.39, 0.29) is 18.3 Å². The normalized spacial score (nSPS) is 10.4. The van der Waals surface area contributed by atoms with Crippen LogP contribution in [0, 0.1) is 0 Å². The van der Waals surface area contributed by atoms with E-state index in [1.807, 2.05) is 25.2 Å². The molecule has 0 radical (unpaired) electrons. The number of hydrogen-bond donors (Lipinski definition) is 0. The number of imidazole rings is 1. The highest BCUT2D eigenvalue weighted by Crippen LogP contribution is 2.16. The molecule has 132 valence electrons. The van der Waals surface area contributed by atoms with Crippen molar-refractivity contribution in [3.05, 3.63) is 78.1 Å². The second kappa shape index (κ2) is 7.65. The average Bonchev–Trinajstić information content (AvgIpc) is 3.12. The molecule has 3 aromatic rings. The average molecular weight is 349 g/mol. The number of hydrogen-bond acceptors (Lipinski definition) is 4. The molecule has 0 aliphatic carbocycles. The third kappa shape index (κ3) is 3.80. The van der Waals surface area contributed by atoms with Gasteiger partial charge in [0.2, 0.25) is 5.95 Å². The Balaban J connectivity index is 1.60. The van der Waals surface area contributed by atoms with Gasteiger partial charge >= 0.3 is 0 Å². The van der Waals surface area contributed by atoms with Gasteiger partial charge < -0.3 is 9.30 Å². The predicted octanol–water partition coefficient (Wildman–Crippen LogP) is 2.69. The minimum atomic E-state index is -0.219. The van der Waals surface area contributed by atoms with Crippen LogP contribution in [0.2, 0.25) is 0 Å². The van der Waals surface area contributed by atoms with Crippen LogP contribution in [0.3, 0.4) is 0 Å². The first kappa shape index (κ1) is 17.4. The summed E-state index contributed by atoms with van der Waals surface area (Å²) in [5.74, 6) is 0.796. The lowest BCUT2D eigenvalue weighted by Crippen LogP contribution is -2.33. The summed E-state index contributed by atoms with van der Waals surface area (Å²) in [7, 11) is 3.46. The molecule has 0 bridgehead atoms. The first-order valence-electron chi connectivity index (χ1n) is 8.13. The number of aryl methyl sites for hydroxylation is 1. The Morgan fingerprint density at radius 2 is 1.69 bits per heavy atom. The highest BCUT2D eigenvalue weighted by Gasteiger charge is 2.15. The molecule has 0 aliphatic heterocycles. The molecule has 0 N–H and O–H groups in total. The first-order chi connectivity index (χ1) is 12.6. The number of nitrogens with zero attached hydrogens (tertiary/aromatic N) is 3.